The fourth-order valence-electron chi connectivity index (χ4n) is 3.26. The van der Waals surface area contributed by atoms with E-state index in [4.69, 9.17) is 0 Å². The first-order chi connectivity index (χ1) is 7.50. The molecule has 1 heteroatoms. The molecule has 0 radical (unpaired) electrons. The molecule has 1 saturated carbocycles. The van der Waals surface area contributed by atoms with Gasteiger partial charge in [-0.2, -0.15) is 0 Å². The van der Waals surface area contributed by atoms with Crippen LogP contribution in [-0.4, -0.2) is 5.11 Å². The summed E-state index contributed by atoms with van der Waals surface area (Å²) in [5, 5.41) is 10.1. The van der Waals surface area contributed by atoms with E-state index in [0.29, 0.717) is 5.76 Å². The van der Waals surface area contributed by atoms with Crippen molar-refractivity contribution in [1.29, 1.82) is 0 Å². The van der Waals surface area contributed by atoms with Crippen molar-refractivity contribution in [2.75, 3.05) is 0 Å². The summed E-state index contributed by atoms with van der Waals surface area (Å²) in [5.74, 6) is 1.38. The third-order valence-corrected chi connectivity index (χ3v) is 4.19. The molecule has 0 amide bonds. The fourth-order valence-corrected chi connectivity index (χ4v) is 3.26. The van der Waals surface area contributed by atoms with Gasteiger partial charge in [0, 0.05) is 5.41 Å². The van der Waals surface area contributed by atoms with Crippen LogP contribution in [0, 0.1) is 11.3 Å². The van der Waals surface area contributed by atoms with Crippen molar-refractivity contribution < 1.29 is 5.11 Å². The van der Waals surface area contributed by atoms with Crippen molar-refractivity contribution in [2.45, 2.75) is 59.3 Å². The molecular formula is C15H24O. The highest BCUT2D eigenvalue weighted by Gasteiger charge is 2.32. The molecule has 0 bridgehead atoms. The van der Waals surface area contributed by atoms with Gasteiger partial charge in [-0.15, -0.1) is 0 Å². The number of allylic oxidation sites excluding steroid dienone is 4. The van der Waals surface area contributed by atoms with Crippen LogP contribution >= 0.6 is 0 Å². The molecule has 16 heavy (non-hydrogen) atoms. The molecule has 0 spiro atoms. The van der Waals surface area contributed by atoms with Crippen LogP contribution in [0.25, 0.3) is 0 Å². The lowest BCUT2D eigenvalue weighted by Crippen LogP contribution is -2.23. The summed E-state index contributed by atoms with van der Waals surface area (Å²) in [6, 6.07) is 0. The van der Waals surface area contributed by atoms with Crippen molar-refractivity contribution in [2.24, 2.45) is 11.3 Å². The van der Waals surface area contributed by atoms with Crippen LogP contribution in [0.4, 0.5) is 0 Å². The lowest BCUT2D eigenvalue weighted by molar-refractivity contribution is 0.236. The number of hydrogen-bond donors (Lipinski definition) is 1. The Hall–Kier alpha value is -0.720. The van der Waals surface area contributed by atoms with Crippen LogP contribution in [0.3, 0.4) is 0 Å². The molecule has 0 aromatic rings. The van der Waals surface area contributed by atoms with Gasteiger partial charge in [0.05, 0.1) is 0 Å². The Bertz CT molecular complexity index is 327. The molecule has 2 aliphatic rings. The molecule has 0 aromatic carbocycles. The minimum atomic E-state index is -0.0500. The van der Waals surface area contributed by atoms with E-state index < -0.39 is 0 Å². The number of aliphatic hydroxyl groups excluding tert-OH is 1. The third kappa shape index (κ3) is 2.18. The molecule has 0 unspecified atom stereocenters. The predicted octanol–water partition coefficient (Wildman–Crippen LogP) is 4.76. The Kier molecular flexibility index (Phi) is 3.14. The highest BCUT2D eigenvalue weighted by atomic mass is 16.3. The molecule has 1 N–H and O–H groups in total. The molecule has 0 atom stereocenters. The first-order valence-corrected chi connectivity index (χ1v) is 6.61. The zero-order valence-electron chi connectivity index (χ0n) is 10.8. The third-order valence-electron chi connectivity index (χ3n) is 4.19. The molecule has 90 valence electrons. The largest absolute Gasteiger partial charge is 0.511 e. The zero-order chi connectivity index (χ0) is 11.8. The maximum Gasteiger partial charge on any atom is 0.101 e. The average Bonchev–Trinajstić information content (AvgIpc) is 2.26. The topological polar surface area (TPSA) is 20.2 Å². The van der Waals surface area contributed by atoms with Gasteiger partial charge < -0.3 is 5.11 Å². The Labute approximate surface area is 99.3 Å². The second-order valence-corrected chi connectivity index (χ2v) is 6.15. The standard InChI is InChI=1S/C15H24O/c1-11-9-13(10-15(2,3)14(11)16)12-7-5-4-6-8-12/h9,12,16H,4-8,10H2,1-3H3. The second-order valence-electron chi connectivity index (χ2n) is 6.15. The van der Waals surface area contributed by atoms with Crippen LogP contribution in [0.5, 0.6) is 0 Å². The smallest absolute Gasteiger partial charge is 0.101 e. The molecule has 2 aliphatic carbocycles. The minimum absolute atomic E-state index is 0.0500. The van der Waals surface area contributed by atoms with Crippen molar-refractivity contribution in [1.82, 2.24) is 0 Å². The maximum absolute atomic E-state index is 10.1. The minimum Gasteiger partial charge on any atom is -0.511 e. The van der Waals surface area contributed by atoms with E-state index >= 15 is 0 Å². The summed E-state index contributed by atoms with van der Waals surface area (Å²) in [6.07, 6.45) is 10.2. The van der Waals surface area contributed by atoms with Gasteiger partial charge in [-0.25, -0.2) is 0 Å². The first-order valence-electron chi connectivity index (χ1n) is 6.61. The van der Waals surface area contributed by atoms with E-state index in [0.717, 1.165) is 17.9 Å². The van der Waals surface area contributed by atoms with E-state index in [1.54, 1.807) is 5.57 Å². The summed E-state index contributed by atoms with van der Waals surface area (Å²) in [4.78, 5) is 0. The molecule has 0 heterocycles. The van der Waals surface area contributed by atoms with Crippen molar-refractivity contribution in [3.63, 3.8) is 0 Å². The Balaban J connectivity index is 2.20. The molecule has 0 aliphatic heterocycles. The Morgan fingerprint density at radius 1 is 1.19 bits per heavy atom. The van der Waals surface area contributed by atoms with Crippen molar-refractivity contribution in [3.05, 3.63) is 23.0 Å². The van der Waals surface area contributed by atoms with Crippen LogP contribution in [0.2, 0.25) is 0 Å². The van der Waals surface area contributed by atoms with E-state index in [2.05, 4.69) is 19.9 Å². The zero-order valence-corrected chi connectivity index (χ0v) is 10.8. The van der Waals surface area contributed by atoms with Gasteiger partial charge in [-0.1, -0.05) is 44.8 Å². The number of aliphatic hydroxyl groups is 1. The van der Waals surface area contributed by atoms with Crippen molar-refractivity contribution >= 4 is 0 Å². The van der Waals surface area contributed by atoms with Gasteiger partial charge >= 0.3 is 0 Å². The number of hydrogen-bond acceptors (Lipinski definition) is 1. The van der Waals surface area contributed by atoms with Gasteiger partial charge in [-0.05, 0) is 37.7 Å². The molecule has 0 saturated heterocycles. The molecule has 0 aromatic heterocycles. The summed E-state index contributed by atoms with van der Waals surface area (Å²) >= 11 is 0. The Morgan fingerprint density at radius 2 is 1.81 bits per heavy atom. The van der Waals surface area contributed by atoms with Gasteiger partial charge in [0.1, 0.15) is 5.76 Å². The SMILES string of the molecule is CC1=C(O)C(C)(C)CC(C2CCCCC2)=C1. The highest BCUT2D eigenvalue weighted by molar-refractivity contribution is 5.34. The van der Waals surface area contributed by atoms with Gasteiger partial charge in [0.2, 0.25) is 0 Å². The van der Waals surface area contributed by atoms with E-state index in [1.807, 2.05) is 6.92 Å². The first kappa shape index (κ1) is 11.8. The van der Waals surface area contributed by atoms with E-state index in [-0.39, 0.29) is 5.41 Å². The maximum atomic E-state index is 10.1. The summed E-state index contributed by atoms with van der Waals surface area (Å²) in [5.41, 5.74) is 2.61. The van der Waals surface area contributed by atoms with Gasteiger partial charge in [-0.3, -0.25) is 0 Å². The van der Waals surface area contributed by atoms with Crippen LogP contribution in [-0.2, 0) is 0 Å². The van der Waals surface area contributed by atoms with E-state index in [1.165, 1.54) is 32.1 Å². The average molecular weight is 220 g/mol. The van der Waals surface area contributed by atoms with Crippen LogP contribution < -0.4 is 0 Å². The second kappa shape index (κ2) is 4.27. The Morgan fingerprint density at radius 3 is 2.38 bits per heavy atom. The summed E-state index contributed by atoms with van der Waals surface area (Å²) in [6.45, 7) is 6.35. The lowest BCUT2D eigenvalue weighted by atomic mass is 9.71. The monoisotopic (exact) mass is 220 g/mol. The lowest BCUT2D eigenvalue weighted by Gasteiger charge is -2.35. The molecule has 2 rings (SSSR count). The van der Waals surface area contributed by atoms with E-state index in [9.17, 15) is 5.11 Å². The summed E-state index contributed by atoms with van der Waals surface area (Å²) < 4.78 is 0. The molecular weight excluding hydrogens is 196 g/mol. The predicted molar refractivity (Wildman–Crippen MR) is 68.4 cm³/mol. The normalized spacial score (nSPS) is 26.8. The molecule has 1 nitrogen and oxygen atoms in total. The molecule has 1 fully saturated rings. The van der Waals surface area contributed by atoms with Crippen LogP contribution in [0.1, 0.15) is 59.3 Å². The highest BCUT2D eigenvalue weighted by Crippen LogP contribution is 2.43. The van der Waals surface area contributed by atoms with Crippen LogP contribution in [0.15, 0.2) is 23.0 Å². The van der Waals surface area contributed by atoms with Gasteiger partial charge in [0.15, 0.2) is 0 Å². The van der Waals surface area contributed by atoms with Crippen molar-refractivity contribution in [3.8, 4) is 0 Å². The van der Waals surface area contributed by atoms with Gasteiger partial charge in [0.25, 0.3) is 0 Å². The quantitative estimate of drug-likeness (QED) is 0.675. The number of rotatable bonds is 1. The fraction of sp³-hybridized carbons (Fsp3) is 0.733. The summed E-state index contributed by atoms with van der Waals surface area (Å²) in [7, 11) is 0.